The first-order chi connectivity index (χ1) is 29.0. The van der Waals surface area contributed by atoms with E-state index in [9.17, 15) is 0 Å². The summed E-state index contributed by atoms with van der Waals surface area (Å²) in [6, 6.07) is 68.2. The highest BCUT2D eigenvalue weighted by molar-refractivity contribution is 7.25. The number of fused-ring (bicyclic) bond motifs is 9. The molecule has 4 heteroatoms. The predicted octanol–water partition coefficient (Wildman–Crippen LogP) is 14.9. The molecule has 0 bridgehead atoms. The van der Waals surface area contributed by atoms with Crippen molar-refractivity contribution in [3.05, 3.63) is 199 Å². The van der Waals surface area contributed by atoms with Gasteiger partial charge in [-0.05, 0) is 106 Å². The van der Waals surface area contributed by atoms with E-state index in [1.807, 2.05) is 23.5 Å². The maximum absolute atomic E-state index is 5.15. The fourth-order valence-electron chi connectivity index (χ4n) is 9.43. The van der Waals surface area contributed by atoms with Gasteiger partial charge < -0.3 is 4.57 Å². The molecule has 3 nitrogen and oxygen atoms in total. The van der Waals surface area contributed by atoms with E-state index in [1.54, 1.807) is 0 Å². The molecule has 0 N–H and O–H groups in total. The lowest BCUT2D eigenvalue weighted by atomic mass is 9.82. The van der Waals surface area contributed by atoms with Gasteiger partial charge in [0.2, 0.25) is 0 Å². The van der Waals surface area contributed by atoms with Crippen molar-refractivity contribution in [1.29, 1.82) is 0 Å². The van der Waals surface area contributed by atoms with Crippen LogP contribution in [0.2, 0.25) is 0 Å². The summed E-state index contributed by atoms with van der Waals surface area (Å²) in [6.45, 7) is 4.72. The van der Waals surface area contributed by atoms with E-state index in [1.165, 1.54) is 81.0 Å². The maximum atomic E-state index is 5.15. The highest BCUT2D eigenvalue weighted by Gasteiger charge is 2.36. The Bertz CT molecular complexity index is 3390. The van der Waals surface area contributed by atoms with Crippen molar-refractivity contribution in [1.82, 2.24) is 14.5 Å². The third-order valence-corrected chi connectivity index (χ3v) is 13.6. The van der Waals surface area contributed by atoms with Gasteiger partial charge in [0.05, 0.1) is 22.4 Å². The second-order valence-electron chi connectivity index (χ2n) is 16.2. The number of hydrogen-bond acceptors (Lipinski definition) is 3. The fraction of sp³-hybridized carbons (Fsp3) is 0.0545. The molecule has 0 saturated heterocycles. The minimum Gasteiger partial charge on any atom is -0.309 e. The topological polar surface area (TPSA) is 30.7 Å². The summed E-state index contributed by atoms with van der Waals surface area (Å²) in [5.41, 5.74) is 16.4. The van der Waals surface area contributed by atoms with Crippen molar-refractivity contribution in [3.8, 4) is 61.8 Å². The summed E-state index contributed by atoms with van der Waals surface area (Å²) in [6.07, 6.45) is 0. The average molecular weight is 772 g/mol. The molecule has 0 fully saturated rings. The van der Waals surface area contributed by atoms with Crippen LogP contribution < -0.4 is 0 Å². The first kappa shape index (κ1) is 33.9. The Labute approximate surface area is 346 Å². The Morgan fingerprint density at radius 3 is 1.63 bits per heavy atom. The minimum atomic E-state index is -0.0805. The fourth-order valence-corrected chi connectivity index (χ4v) is 10.5. The van der Waals surface area contributed by atoms with E-state index in [0.717, 1.165) is 33.9 Å². The number of thiophene rings is 1. The lowest BCUT2D eigenvalue weighted by Gasteiger charge is -2.21. The van der Waals surface area contributed by atoms with Gasteiger partial charge in [-0.3, -0.25) is 0 Å². The number of benzene rings is 8. The first-order valence-corrected chi connectivity index (χ1v) is 21.0. The van der Waals surface area contributed by atoms with Crippen LogP contribution in [0.4, 0.5) is 0 Å². The molecule has 1 aliphatic carbocycles. The van der Waals surface area contributed by atoms with Gasteiger partial charge in [-0.1, -0.05) is 129 Å². The van der Waals surface area contributed by atoms with Gasteiger partial charge in [-0.15, -0.1) is 11.3 Å². The SMILES string of the molecule is CC1(C)c2ccccc2-c2cc3c4cc(-c5ccc6sc7ccc(-c8nc(-c9ccccc9)cc(-c9ccccc9)n8)cc7c6c5)ccc4n(-c4ccccc4)c3cc21. The molecule has 0 unspecified atom stereocenters. The Kier molecular flexibility index (Phi) is 7.44. The Morgan fingerprint density at radius 2 is 0.949 bits per heavy atom. The van der Waals surface area contributed by atoms with Crippen LogP contribution in [-0.2, 0) is 5.41 Å². The predicted molar refractivity (Wildman–Crippen MR) is 249 cm³/mol. The van der Waals surface area contributed by atoms with Gasteiger partial charge >= 0.3 is 0 Å². The van der Waals surface area contributed by atoms with Crippen LogP contribution in [0, 0.1) is 0 Å². The van der Waals surface area contributed by atoms with Crippen LogP contribution in [0.1, 0.15) is 25.0 Å². The van der Waals surface area contributed by atoms with E-state index >= 15 is 0 Å². The monoisotopic (exact) mass is 771 g/mol. The number of hydrogen-bond donors (Lipinski definition) is 0. The normalized spacial score (nSPS) is 13.1. The molecule has 59 heavy (non-hydrogen) atoms. The molecule has 8 aromatic carbocycles. The van der Waals surface area contributed by atoms with Crippen LogP contribution in [0.3, 0.4) is 0 Å². The molecule has 0 aliphatic heterocycles. The molecule has 3 heterocycles. The molecule has 0 amide bonds. The number of aromatic nitrogens is 3. The standard InChI is InChI=1S/C55H37N3S/c1-55(2)46-21-13-12-20-40(46)41-31-43-42-28-36(22-25-50(42)58(51(43)32-47(41)55)39-18-10-5-11-19-39)37-23-26-52-44(29-37)45-30-38(24-27-53(45)59-52)54-56-48(34-14-6-3-7-15-34)33-49(57-54)35-16-8-4-9-17-35/h3-33H,1-2H3. The van der Waals surface area contributed by atoms with Crippen molar-refractivity contribution < 1.29 is 0 Å². The molecule has 1 aliphatic rings. The number of para-hydroxylation sites is 1. The number of rotatable bonds is 5. The van der Waals surface area contributed by atoms with E-state index in [0.29, 0.717) is 0 Å². The summed E-state index contributed by atoms with van der Waals surface area (Å²) >= 11 is 1.84. The van der Waals surface area contributed by atoms with Gasteiger partial charge in [0, 0.05) is 58.7 Å². The van der Waals surface area contributed by atoms with Crippen LogP contribution in [-0.4, -0.2) is 14.5 Å². The van der Waals surface area contributed by atoms with Crippen LogP contribution in [0.5, 0.6) is 0 Å². The molecular weight excluding hydrogens is 735 g/mol. The van der Waals surface area contributed by atoms with E-state index in [2.05, 4.69) is 194 Å². The average Bonchev–Trinajstić information content (AvgIpc) is 3.90. The van der Waals surface area contributed by atoms with E-state index < -0.39 is 0 Å². The van der Waals surface area contributed by atoms with Crippen molar-refractivity contribution in [2.24, 2.45) is 0 Å². The molecule has 0 saturated carbocycles. The highest BCUT2D eigenvalue weighted by atomic mass is 32.1. The Hall–Kier alpha value is -7.14. The first-order valence-electron chi connectivity index (χ1n) is 20.2. The summed E-state index contributed by atoms with van der Waals surface area (Å²) in [5, 5.41) is 5.00. The van der Waals surface area contributed by atoms with Crippen molar-refractivity contribution in [3.63, 3.8) is 0 Å². The quantitative estimate of drug-likeness (QED) is 0.174. The lowest BCUT2D eigenvalue weighted by molar-refractivity contribution is 0.661. The summed E-state index contributed by atoms with van der Waals surface area (Å²) in [4.78, 5) is 10.3. The highest BCUT2D eigenvalue weighted by Crippen LogP contribution is 2.51. The molecule has 0 radical (unpaired) electrons. The third kappa shape index (κ3) is 5.34. The maximum Gasteiger partial charge on any atom is 0.160 e. The molecule has 0 atom stereocenters. The third-order valence-electron chi connectivity index (χ3n) is 12.4. The molecular formula is C55H37N3S. The minimum absolute atomic E-state index is 0.0805. The number of nitrogens with zero attached hydrogens (tertiary/aromatic N) is 3. The van der Waals surface area contributed by atoms with Gasteiger partial charge in [0.15, 0.2) is 5.82 Å². The summed E-state index contributed by atoms with van der Waals surface area (Å²) in [5.74, 6) is 0.723. The summed E-state index contributed by atoms with van der Waals surface area (Å²) < 4.78 is 4.97. The zero-order valence-corrected chi connectivity index (χ0v) is 33.5. The molecule has 12 rings (SSSR count). The lowest BCUT2D eigenvalue weighted by Crippen LogP contribution is -2.14. The zero-order chi connectivity index (χ0) is 39.2. The van der Waals surface area contributed by atoms with Crippen LogP contribution in [0.15, 0.2) is 188 Å². The van der Waals surface area contributed by atoms with E-state index in [-0.39, 0.29) is 5.41 Å². The second-order valence-corrected chi connectivity index (χ2v) is 17.3. The largest absolute Gasteiger partial charge is 0.309 e. The Balaban J connectivity index is 1.02. The van der Waals surface area contributed by atoms with Crippen LogP contribution in [0.25, 0.3) is 104 Å². The molecule has 11 aromatic rings. The van der Waals surface area contributed by atoms with Crippen molar-refractivity contribution in [2.75, 3.05) is 0 Å². The zero-order valence-electron chi connectivity index (χ0n) is 32.6. The van der Waals surface area contributed by atoms with Gasteiger partial charge in [0.1, 0.15) is 0 Å². The van der Waals surface area contributed by atoms with Gasteiger partial charge in [-0.25, -0.2) is 9.97 Å². The van der Waals surface area contributed by atoms with Crippen molar-refractivity contribution >= 4 is 53.3 Å². The van der Waals surface area contributed by atoms with Gasteiger partial charge in [0.25, 0.3) is 0 Å². The second kappa shape index (κ2) is 12.9. The molecule has 278 valence electrons. The van der Waals surface area contributed by atoms with E-state index in [4.69, 9.17) is 9.97 Å². The molecule has 3 aromatic heterocycles. The Morgan fingerprint density at radius 1 is 0.407 bits per heavy atom. The van der Waals surface area contributed by atoms with Gasteiger partial charge in [-0.2, -0.15) is 0 Å². The van der Waals surface area contributed by atoms with Crippen molar-refractivity contribution in [2.45, 2.75) is 19.3 Å². The smallest absolute Gasteiger partial charge is 0.160 e. The van der Waals surface area contributed by atoms with Crippen LogP contribution >= 0.6 is 11.3 Å². The summed E-state index contributed by atoms with van der Waals surface area (Å²) in [7, 11) is 0. The molecule has 0 spiro atoms.